The zero-order valence-electron chi connectivity index (χ0n) is 12.8. The van der Waals surface area contributed by atoms with E-state index in [1.165, 1.54) is 0 Å². The van der Waals surface area contributed by atoms with Crippen LogP contribution in [0.3, 0.4) is 0 Å². The largest absolute Gasteiger partial charge is 0.343 e. The molecule has 4 heteroatoms. The van der Waals surface area contributed by atoms with Crippen LogP contribution in [0.15, 0.2) is 79.0 Å². The number of nitrogens with one attached hydrogen (secondary N) is 1. The van der Waals surface area contributed by atoms with Crippen molar-refractivity contribution >= 4 is 23.1 Å². The first-order valence-corrected chi connectivity index (χ1v) is 7.35. The Bertz CT molecular complexity index is 771. The summed E-state index contributed by atoms with van der Waals surface area (Å²) in [5.41, 5.74) is 2.64. The average molecular weight is 303 g/mol. The van der Waals surface area contributed by atoms with Crippen LogP contribution in [0.2, 0.25) is 0 Å². The molecule has 3 rings (SSSR count). The topological polar surface area (TPSA) is 45.2 Å². The number of benzene rings is 2. The number of para-hydroxylation sites is 1. The summed E-state index contributed by atoms with van der Waals surface area (Å²) in [6.07, 6.45) is 1.74. The lowest BCUT2D eigenvalue weighted by Gasteiger charge is -2.19. The first kappa shape index (κ1) is 14.8. The Morgan fingerprint density at radius 1 is 0.870 bits per heavy atom. The summed E-state index contributed by atoms with van der Waals surface area (Å²) in [5, 5.41) is 2.80. The van der Waals surface area contributed by atoms with Gasteiger partial charge in [-0.05, 0) is 36.4 Å². The molecule has 2 aromatic carbocycles. The highest BCUT2D eigenvalue weighted by Gasteiger charge is 2.07. The minimum atomic E-state index is -0.165. The van der Waals surface area contributed by atoms with Crippen molar-refractivity contribution in [2.24, 2.45) is 0 Å². The van der Waals surface area contributed by atoms with E-state index in [2.05, 4.69) is 10.3 Å². The molecule has 1 aromatic heterocycles. The molecule has 1 amide bonds. The molecule has 0 spiro atoms. The van der Waals surface area contributed by atoms with Crippen LogP contribution in [-0.4, -0.2) is 17.9 Å². The van der Waals surface area contributed by atoms with E-state index in [0.717, 1.165) is 11.4 Å². The van der Waals surface area contributed by atoms with Gasteiger partial charge in [-0.1, -0.05) is 36.4 Å². The van der Waals surface area contributed by atoms with E-state index in [1.807, 2.05) is 66.5 Å². The van der Waals surface area contributed by atoms with Gasteiger partial charge in [0.25, 0.3) is 5.91 Å². The Morgan fingerprint density at radius 2 is 1.52 bits per heavy atom. The molecule has 3 aromatic rings. The van der Waals surface area contributed by atoms with Crippen molar-refractivity contribution in [1.82, 2.24) is 4.98 Å². The lowest BCUT2D eigenvalue weighted by Crippen LogP contribution is -2.13. The summed E-state index contributed by atoms with van der Waals surface area (Å²) in [4.78, 5) is 18.4. The maximum atomic E-state index is 12.1. The Balaban J connectivity index is 1.71. The normalized spacial score (nSPS) is 10.1. The summed E-state index contributed by atoms with van der Waals surface area (Å²) in [5.74, 6) is 0.367. The third-order valence-electron chi connectivity index (χ3n) is 3.56. The second kappa shape index (κ2) is 6.75. The molecule has 0 saturated carbocycles. The molecule has 114 valence electrons. The van der Waals surface area contributed by atoms with Crippen LogP contribution in [0.5, 0.6) is 0 Å². The predicted octanol–water partition coefficient (Wildman–Crippen LogP) is 4.10. The van der Waals surface area contributed by atoms with E-state index in [-0.39, 0.29) is 5.91 Å². The van der Waals surface area contributed by atoms with Crippen molar-refractivity contribution in [3.8, 4) is 0 Å². The van der Waals surface area contributed by atoms with Crippen molar-refractivity contribution in [1.29, 1.82) is 0 Å². The number of aromatic nitrogens is 1. The third kappa shape index (κ3) is 3.55. The summed E-state index contributed by atoms with van der Waals surface area (Å²) >= 11 is 0. The van der Waals surface area contributed by atoms with Gasteiger partial charge >= 0.3 is 0 Å². The number of hydrogen-bond acceptors (Lipinski definition) is 3. The molecule has 0 atom stereocenters. The first-order chi connectivity index (χ1) is 11.2. The van der Waals surface area contributed by atoms with Gasteiger partial charge in [-0.15, -0.1) is 0 Å². The van der Waals surface area contributed by atoms with Crippen LogP contribution in [-0.2, 0) is 0 Å². The Hall–Kier alpha value is -3.14. The van der Waals surface area contributed by atoms with Gasteiger partial charge in [-0.3, -0.25) is 4.79 Å². The number of rotatable bonds is 4. The lowest BCUT2D eigenvalue weighted by molar-refractivity contribution is 0.102. The molecule has 0 saturated heterocycles. The van der Waals surface area contributed by atoms with Crippen molar-refractivity contribution in [2.45, 2.75) is 0 Å². The standard InChI is InChI=1S/C19H17N3O/c1-22(16-10-6-3-7-11-16)17-12-13-18(20-14-17)21-19(23)15-8-4-2-5-9-15/h2-14H,1H3,(H,20,21,23). The minimum absolute atomic E-state index is 0.165. The maximum absolute atomic E-state index is 12.1. The second-order valence-electron chi connectivity index (χ2n) is 5.12. The molecule has 0 aliphatic heterocycles. The quantitative estimate of drug-likeness (QED) is 0.789. The van der Waals surface area contributed by atoms with Crippen molar-refractivity contribution in [2.75, 3.05) is 17.3 Å². The fraction of sp³-hybridized carbons (Fsp3) is 0.0526. The van der Waals surface area contributed by atoms with Crippen LogP contribution in [0, 0.1) is 0 Å². The zero-order chi connectivity index (χ0) is 16.1. The Labute approximate surface area is 135 Å². The van der Waals surface area contributed by atoms with Crippen molar-refractivity contribution < 1.29 is 4.79 Å². The molecule has 0 radical (unpaired) electrons. The number of carbonyl (C=O) groups is 1. The van der Waals surface area contributed by atoms with Crippen LogP contribution in [0.1, 0.15) is 10.4 Å². The molecule has 1 N–H and O–H groups in total. The van der Waals surface area contributed by atoms with E-state index >= 15 is 0 Å². The van der Waals surface area contributed by atoms with E-state index in [9.17, 15) is 4.79 Å². The number of pyridine rings is 1. The Kier molecular flexibility index (Phi) is 4.34. The van der Waals surface area contributed by atoms with Gasteiger partial charge in [0.2, 0.25) is 0 Å². The summed E-state index contributed by atoms with van der Waals surface area (Å²) < 4.78 is 0. The zero-order valence-corrected chi connectivity index (χ0v) is 12.8. The second-order valence-corrected chi connectivity index (χ2v) is 5.12. The van der Waals surface area contributed by atoms with Gasteiger partial charge in [-0.2, -0.15) is 0 Å². The lowest BCUT2D eigenvalue weighted by atomic mass is 10.2. The molecular formula is C19H17N3O. The highest BCUT2D eigenvalue weighted by atomic mass is 16.1. The van der Waals surface area contributed by atoms with E-state index < -0.39 is 0 Å². The number of anilines is 3. The van der Waals surface area contributed by atoms with Gasteiger partial charge in [0, 0.05) is 18.3 Å². The molecule has 0 bridgehead atoms. The number of amides is 1. The molecule has 0 unspecified atom stereocenters. The minimum Gasteiger partial charge on any atom is -0.343 e. The fourth-order valence-corrected chi connectivity index (χ4v) is 2.24. The average Bonchev–Trinajstić information content (AvgIpc) is 2.63. The molecule has 0 aliphatic carbocycles. The van der Waals surface area contributed by atoms with Gasteiger partial charge in [0.15, 0.2) is 0 Å². The highest BCUT2D eigenvalue weighted by Crippen LogP contribution is 2.23. The van der Waals surface area contributed by atoms with Crippen LogP contribution < -0.4 is 10.2 Å². The third-order valence-corrected chi connectivity index (χ3v) is 3.56. The summed E-state index contributed by atoms with van der Waals surface area (Å²) in [6, 6.07) is 22.9. The van der Waals surface area contributed by atoms with Gasteiger partial charge in [-0.25, -0.2) is 4.98 Å². The molecular weight excluding hydrogens is 286 g/mol. The first-order valence-electron chi connectivity index (χ1n) is 7.35. The molecule has 1 heterocycles. The molecule has 23 heavy (non-hydrogen) atoms. The summed E-state index contributed by atoms with van der Waals surface area (Å²) in [7, 11) is 1.98. The van der Waals surface area contributed by atoms with E-state index in [4.69, 9.17) is 0 Å². The van der Waals surface area contributed by atoms with Crippen LogP contribution >= 0.6 is 0 Å². The number of carbonyl (C=O) groups excluding carboxylic acids is 1. The predicted molar refractivity (Wildman–Crippen MR) is 93.1 cm³/mol. The smallest absolute Gasteiger partial charge is 0.256 e. The molecule has 0 fully saturated rings. The van der Waals surface area contributed by atoms with Crippen molar-refractivity contribution in [3.63, 3.8) is 0 Å². The van der Waals surface area contributed by atoms with Gasteiger partial charge in [0.05, 0.1) is 11.9 Å². The van der Waals surface area contributed by atoms with E-state index in [1.54, 1.807) is 24.4 Å². The van der Waals surface area contributed by atoms with E-state index in [0.29, 0.717) is 11.4 Å². The fourth-order valence-electron chi connectivity index (χ4n) is 2.24. The van der Waals surface area contributed by atoms with Crippen LogP contribution in [0.4, 0.5) is 17.2 Å². The SMILES string of the molecule is CN(c1ccccc1)c1ccc(NC(=O)c2ccccc2)nc1. The molecule has 4 nitrogen and oxygen atoms in total. The van der Waals surface area contributed by atoms with Gasteiger partial charge < -0.3 is 10.2 Å². The van der Waals surface area contributed by atoms with Crippen molar-refractivity contribution in [3.05, 3.63) is 84.6 Å². The summed E-state index contributed by atoms with van der Waals surface area (Å²) in [6.45, 7) is 0. The highest BCUT2D eigenvalue weighted by molar-refractivity contribution is 6.03. The molecule has 0 aliphatic rings. The number of hydrogen-bond donors (Lipinski definition) is 1. The number of nitrogens with zero attached hydrogens (tertiary/aromatic N) is 2. The maximum Gasteiger partial charge on any atom is 0.256 e. The Morgan fingerprint density at radius 3 is 2.13 bits per heavy atom. The van der Waals surface area contributed by atoms with Crippen LogP contribution in [0.25, 0.3) is 0 Å². The monoisotopic (exact) mass is 303 g/mol. The van der Waals surface area contributed by atoms with Gasteiger partial charge in [0.1, 0.15) is 5.82 Å².